The number of rotatable bonds is 6. The van der Waals surface area contributed by atoms with Crippen molar-refractivity contribution >= 4 is 17.6 Å². The van der Waals surface area contributed by atoms with Crippen LogP contribution in [0.2, 0.25) is 12.1 Å². The molecule has 0 aliphatic heterocycles. The summed E-state index contributed by atoms with van der Waals surface area (Å²) in [5.74, 6) is 0. The molecule has 0 saturated heterocycles. The first-order valence-corrected chi connectivity index (χ1v) is 7.66. The highest BCUT2D eigenvalue weighted by Crippen LogP contribution is 2.13. The lowest BCUT2D eigenvalue weighted by atomic mass is 10.8. The Morgan fingerprint density at radius 3 is 1.46 bits per heavy atom. The van der Waals surface area contributed by atoms with E-state index in [2.05, 4.69) is 17.3 Å². The van der Waals surface area contributed by atoms with Crippen molar-refractivity contribution < 1.29 is 23.3 Å². The molecule has 0 amide bonds. The quantitative estimate of drug-likeness (QED) is 0.350. The van der Waals surface area contributed by atoms with Gasteiger partial charge in [0.15, 0.2) is 0 Å². The maximum Gasteiger partial charge on any atom is 0.492 e. The molecule has 0 aromatic rings. The van der Waals surface area contributed by atoms with E-state index in [1.807, 2.05) is 0 Å². The summed E-state index contributed by atoms with van der Waals surface area (Å²) < 4.78 is 4.46. The third-order valence-corrected chi connectivity index (χ3v) is 5.40. The number of allylic oxidation sites excluding steroid dienone is 2. The summed E-state index contributed by atoms with van der Waals surface area (Å²) in [5, 5.41) is 0. The third kappa shape index (κ3) is 5.88. The molecule has 13 heavy (non-hydrogen) atoms. The summed E-state index contributed by atoms with van der Waals surface area (Å²) in [6, 6.07) is -0.333. The highest BCUT2D eigenvalue weighted by molar-refractivity contribution is 6.72. The normalized spacial score (nSPS) is 12.6. The third-order valence-electron chi connectivity index (χ3n) is 1.15. The Bertz CT molecular complexity index is 171. The van der Waals surface area contributed by atoms with Gasteiger partial charge >= 0.3 is 17.6 Å². The first-order chi connectivity index (χ1) is 5.83. The average Bonchev–Trinajstić information content (AvgIpc) is 1.82. The standard InChI is InChI=1S/C6H14O5Si2/c1-3-5-12(7,8)11-13(9,10)6-4-2/h3-4,7-10H,1-2,5-6H2. The number of hydrogen-bond acceptors (Lipinski definition) is 5. The fraction of sp³-hybridized carbons (Fsp3) is 0.333. The predicted molar refractivity (Wildman–Crippen MR) is 51.5 cm³/mol. The second-order valence-electron chi connectivity index (χ2n) is 2.57. The van der Waals surface area contributed by atoms with Gasteiger partial charge in [-0.3, -0.25) is 0 Å². The smallest absolute Gasteiger partial charge is 0.390 e. The van der Waals surface area contributed by atoms with E-state index in [0.29, 0.717) is 0 Å². The van der Waals surface area contributed by atoms with Crippen molar-refractivity contribution in [2.24, 2.45) is 0 Å². The van der Waals surface area contributed by atoms with Crippen LogP contribution in [0, 0.1) is 0 Å². The van der Waals surface area contributed by atoms with E-state index in [1.165, 1.54) is 12.2 Å². The molecular formula is C6H14O5Si2. The molecule has 0 unspecified atom stereocenters. The second-order valence-corrected chi connectivity index (χ2v) is 7.18. The van der Waals surface area contributed by atoms with Crippen molar-refractivity contribution in [2.75, 3.05) is 0 Å². The molecule has 0 aliphatic carbocycles. The molecule has 7 heteroatoms. The summed E-state index contributed by atoms with van der Waals surface area (Å²) in [7, 11) is -7.96. The van der Waals surface area contributed by atoms with Gasteiger partial charge in [0.25, 0.3) is 0 Å². The Balaban J connectivity index is 4.22. The van der Waals surface area contributed by atoms with Crippen LogP contribution >= 0.6 is 0 Å². The van der Waals surface area contributed by atoms with E-state index in [0.717, 1.165) is 0 Å². The largest absolute Gasteiger partial charge is 0.492 e. The molecule has 76 valence electrons. The summed E-state index contributed by atoms with van der Waals surface area (Å²) in [4.78, 5) is 36.6. The minimum atomic E-state index is -3.98. The molecule has 0 heterocycles. The Morgan fingerprint density at radius 2 is 1.23 bits per heavy atom. The van der Waals surface area contributed by atoms with Gasteiger partial charge in [-0.25, -0.2) is 0 Å². The highest BCUT2D eigenvalue weighted by Gasteiger charge is 2.43. The van der Waals surface area contributed by atoms with Crippen LogP contribution in [0.5, 0.6) is 0 Å². The monoisotopic (exact) mass is 222 g/mol. The van der Waals surface area contributed by atoms with Crippen molar-refractivity contribution in [3.8, 4) is 0 Å². The van der Waals surface area contributed by atoms with E-state index < -0.39 is 17.6 Å². The second kappa shape index (κ2) is 4.81. The van der Waals surface area contributed by atoms with Gasteiger partial charge < -0.3 is 23.3 Å². The Morgan fingerprint density at radius 1 is 0.923 bits per heavy atom. The van der Waals surface area contributed by atoms with Crippen molar-refractivity contribution in [3.63, 3.8) is 0 Å². The maximum atomic E-state index is 9.16. The Kier molecular flexibility index (Phi) is 4.71. The zero-order valence-electron chi connectivity index (χ0n) is 7.18. The lowest BCUT2D eigenvalue weighted by molar-refractivity contribution is 0.159. The van der Waals surface area contributed by atoms with Crippen molar-refractivity contribution in [3.05, 3.63) is 25.3 Å². The number of hydrogen-bond donors (Lipinski definition) is 4. The van der Waals surface area contributed by atoms with Gasteiger partial charge in [0, 0.05) is 12.1 Å². The van der Waals surface area contributed by atoms with E-state index in [-0.39, 0.29) is 12.1 Å². The van der Waals surface area contributed by atoms with Crippen LogP contribution in [0.15, 0.2) is 25.3 Å². The van der Waals surface area contributed by atoms with Crippen LogP contribution in [0.1, 0.15) is 0 Å². The maximum absolute atomic E-state index is 9.16. The van der Waals surface area contributed by atoms with Crippen molar-refractivity contribution in [1.29, 1.82) is 0 Å². The van der Waals surface area contributed by atoms with Gasteiger partial charge in [0.05, 0.1) is 0 Å². The van der Waals surface area contributed by atoms with E-state index in [9.17, 15) is 0 Å². The van der Waals surface area contributed by atoms with Crippen LogP contribution in [0.25, 0.3) is 0 Å². The molecule has 0 fully saturated rings. The zero-order valence-corrected chi connectivity index (χ0v) is 9.18. The van der Waals surface area contributed by atoms with Gasteiger partial charge in [-0.05, 0) is 0 Å². The topological polar surface area (TPSA) is 90.2 Å². The summed E-state index contributed by atoms with van der Waals surface area (Å²) >= 11 is 0. The van der Waals surface area contributed by atoms with E-state index >= 15 is 0 Å². The SMILES string of the molecule is C=CC[Si](O)(O)O[Si](O)(O)CC=C. The zero-order chi connectivity index (χ0) is 10.5. The lowest BCUT2D eigenvalue weighted by Gasteiger charge is -2.23. The average molecular weight is 222 g/mol. The first-order valence-electron chi connectivity index (χ1n) is 3.64. The molecule has 0 atom stereocenters. The van der Waals surface area contributed by atoms with Crippen LogP contribution in [-0.2, 0) is 4.12 Å². The Hall–Kier alpha value is -0.286. The molecular weight excluding hydrogens is 208 g/mol. The fourth-order valence-corrected chi connectivity index (χ4v) is 4.23. The molecule has 0 aromatic heterocycles. The summed E-state index contributed by atoms with van der Waals surface area (Å²) in [6.45, 7) is 6.58. The van der Waals surface area contributed by atoms with Crippen molar-refractivity contribution in [2.45, 2.75) is 12.1 Å². The molecule has 0 saturated carbocycles. The highest BCUT2D eigenvalue weighted by atomic mass is 28.5. The first kappa shape index (κ1) is 12.7. The molecule has 0 rings (SSSR count). The van der Waals surface area contributed by atoms with Gasteiger partial charge in [-0.15, -0.1) is 13.2 Å². The minimum Gasteiger partial charge on any atom is -0.390 e. The Labute approximate surface area is 79.0 Å². The molecule has 0 aliphatic rings. The molecule has 0 aromatic carbocycles. The lowest BCUT2D eigenvalue weighted by Crippen LogP contribution is -2.52. The molecule has 5 nitrogen and oxygen atoms in total. The molecule has 0 radical (unpaired) electrons. The van der Waals surface area contributed by atoms with Gasteiger partial charge in [0.1, 0.15) is 0 Å². The van der Waals surface area contributed by atoms with Crippen LogP contribution in [0.4, 0.5) is 0 Å². The summed E-state index contributed by atoms with van der Waals surface area (Å²) in [5.41, 5.74) is 0. The molecule has 0 bridgehead atoms. The van der Waals surface area contributed by atoms with Gasteiger partial charge in [0.2, 0.25) is 0 Å². The van der Waals surface area contributed by atoms with Crippen LogP contribution in [0.3, 0.4) is 0 Å². The summed E-state index contributed by atoms with van der Waals surface area (Å²) in [6.07, 6.45) is 2.51. The fourth-order valence-electron chi connectivity index (χ4n) is 0.721. The van der Waals surface area contributed by atoms with E-state index in [4.69, 9.17) is 19.2 Å². The van der Waals surface area contributed by atoms with E-state index in [1.54, 1.807) is 0 Å². The predicted octanol–water partition coefficient (Wildman–Crippen LogP) is -0.778. The van der Waals surface area contributed by atoms with Gasteiger partial charge in [-0.2, -0.15) is 0 Å². The minimum absolute atomic E-state index is 0.167. The molecule has 0 spiro atoms. The van der Waals surface area contributed by atoms with Crippen molar-refractivity contribution in [1.82, 2.24) is 0 Å². The molecule has 4 N–H and O–H groups in total. The van der Waals surface area contributed by atoms with Crippen LogP contribution in [-0.4, -0.2) is 36.8 Å². The van der Waals surface area contributed by atoms with Gasteiger partial charge in [-0.1, -0.05) is 12.2 Å². The van der Waals surface area contributed by atoms with Crippen LogP contribution < -0.4 is 0 Å².